The first-order chi connectivity index (χ1) is 15.3. The van der Waals surface area contributed by atoms with Gasteiger partial charge in [-0.15, -0.1) is 0 Å². The van der Waals surface area contributed by atoms with Gasteiger partial charge in [0, 0.05) is 31.3 Å². The standard InChI is InChI=1S/C22H26N6O4/c1-4-18(29)27-8-7-15(12-27)28-20(23)19(21(24)30)17(26-28)6-5-13-9-14(22(31)25-2)11-16(10-13)32-3/h4,9-11,15,18,29H,1,7-8,12,23H2,2-3H3,(H2,24,30)(H,25,31)/t15-,18?/m0/s1. The monoisotopic (exact) mass is 438 g/mol. The van der Waals surface area contributed by atoms with Gasteiger partial charge in [-0.05, 0) is 36.6 Å². The lowest BCUT2D eigenvalue weighted by Crippen LogP contribution is -2.31. The number of nitrogens with two attached hydrogens (primary N) is 2. The van der Waals surface area contributed by atoms with Gasteiger partial charge in [0.2, 0.25) is 0 Å². The highest BCUT2D eigenvalue weighted by Gasteiger charge is 2.31. The molecule has 0 saturated carbocycles. The molecule has 0 spiro atoms. The number of carbonyl (C=O) groups is 2. The Balaban J connectivity index is 1.98. The van der Waals surface area contributed by atoms with Crippen LogP contribution in [0.4, 0.5) is 5.82 Å². The summed E-state index contributed by atoms with van der Waals surface area (Å²) in [7, 11) is 3.02. The largest absolute Gasteiger partial charge is 0.497 e. The maximum atomic E-state index is 12.1. The summed E-state index contributed by atoms with van der Waals surface area (Å²) in [6, 6.07) is 4.70. The Labute approximate surface area is 185 Å². The number of carbonyl (C=O) groups excluding carboxylic acids is 2. The van der Waals surface area contributed by atoms with Gasteiger partial charge in [-0.1, -0.05) is 12.5 Å². The molecule has 1 fully saturated rings. The molecule has 1 saturated heterocycles. The van der Waals surface area contributed by atoms with Gasteiger partial charge in [-0.25, -0.2) is 4.68 Å². The van der Waals surface area contributed by atoms with Crippen LogP contribution in [-0.2, 0) is 0 Å². The Hall–Kier alpha value is -3.81. The average Bonchev–Trinajstić information content (AvgIpc) is 3.40. The molecular weight excluding hydrogens is 412 g/mol. The molecule has 2 heterocycles. The van der Waals surface area contributed by atoms with E-state index in [4.69, 9.17) is 16.2 Å². The molecule has 168 valence electrons. The number of benzene rings is 1. The number of hydrogen-bond donors (Lipinski definition) is 4. The van der Waals surface area contributed by atoms with Gasteiger partial charge in [-0.2, -0.15) is 5.10 Å². The van der Waals surface area contributed by atoms with E-state index in [1.165, 1.54) is 24.9 Å². The van der Waals surface area contributed by atoms with Crippen molar-refractivity contribution < 1.29 is 19.4 Å². The second-order valence-corrected chi connectivity index (χ2v) is 7.28. The van der Waals surface area contributed by atoms with Crippen molar-refractivity contribution in [1.82, 2.24) is 20.0 Å². The number of anilines is 1. The predicted molar refractivity (Wildman–Crippen MR) is 119 cm³/mol. The number of hydrogen-bond acceptors (Lipinski definition) is 7. The number of methoxy groups -OCH3 is 1. The Bertz CT molecular complexity index is 1110. The van der Waals surface area contributed by atoms with Gasteiger partial charge < -0.3 is 26.6 Å². The molecule has 1 aliphatic rings. The third kappa shape index (κ3) is 4.59. The zero-order chi connectivity index (χ0) is 23.4. The van der Waals surface area contributed by atoms with E-state index >= 15 is 0 Å². The zero-order valence-corrected chi connectivity index (χ0v) is 18.0. The van der Waals surface area contributed by atoms with Crippen molar-refractivity contribution in [3.05, 3.63) is 53.2 Å². The molecule has 1 aromatic heterocycles. The van der Waals surface area contributed by atoms with Crippen molar-refractivity contribution in [3.63, 3.8) is 0 Å². The van der Waals surface area contributed by atoms with Crippen LogP contribution in [0.3, 0.4) is 0 Å². The molecule has 0 aliphatic carbocycles. The Morgan fingerprint density at radius 2 is 2.16 bits per heavy atom. The molecular formula is C22H26N6O4. The second-order valence-electron chi connectivity index (χ2n) is 7.28. The fourth-order valence-electron chi connectivity index (χ4n) is 3.61. The summed E-state index contributed by atoms with van der Waals surface area (Å²) < 4.78 is 6.77. The van der Waals surface area contributed by atoms with E-state index in [0.717, 1.165) is 0 Å². The summed E-state index contributed by atoms with van der Waals surface area (Å²) in [5.74, 6) is 5.31. The Morgan fingerprint density at radius 1 is 1.41 bits per heavy atom. The van der Waals surface area contributed by atoms with Gasteiger partial charge in [0.05, 0.1) is 13.2 Å². The number of aliphatic hydroxyl groups is 1. The molecule has 2 atom stereocenters. The number of nitrogens with one attached hydrogen (secondary N) is 1. The number of primary amides is 1. The van der Waals surface area contributed by atoms with E-state index in [9.17, 15) is 14.7 Å². The predicted octanol–water partition coefficient (Wildman–Crippen LogP) is 0.0834. The van der Waals surface area contributed by atoms with Crippen LogP contribution in [0.5, 0.6) is 5.75 Å². The average molecular weight is 438 g/mol. The third-order valence-electron chi connectivity index (χ3n) is 5.28. The number of ether oxygens (including phenoxy) is 1. The lowest BCUT2D eigenvalue weighted by Gasteiger charge is -2.20. The van der Waals surface area contributed by atoms with Gasteiger partial charge in [-0.3, -0.25) is 14.5 Å². The van der Waals surface area contributed by atoms with Gasteiger partial charge in [0.1, 0.15) is 23.4 Å². The summed E-state index contributed by atoms with van der Waals surface area (Å²) in [5, 5.41) is 17.0. The molecule has 2 aromatic rings. The van der Waals surface area contributed by atoms with Crippen LogP contribution in [0.1, 0.15) is 44.4 Å². The van der Waals surface area contributed by atoms with E-state index in [-0.39, 0.29) is 29.0 Å². The van der Waals surface area contributed by atoms with Crippen molar-refractivity contribution in [1.29, 1.82) is 0 Å². The van der Waals surface area contributed by atoms with Gasteiger partial charge in [0.15, 0.2) is 5.69 Å². The molecule has 0 bridgehead atoms. The number of nitrogens with zero attached hydrogens (tertiary/aromatic N) is 3. The third-order valence-corrected chi connectivity index (χ3v) is 5.28. The fourth-order valence-corrected chi connectivity index (χ4v) is 3.61. The summed E-state index contributed by atoms with van der Waals surface area (Å²) in [5.41, 5.74) is 12.8. The maximum Gasteiger partial charge on any atom is 0.255 e. The van der Waals surface area contributed by atoms with Gasteiger partial charge >= 0.3 is 0 Å². The van der Waals surface area contributed by atoms with Crippen LogP contribution in [0.15, 0.2) is 30.9 Å². The SMILES string of the molecule is C=CC(O)N1CC[C@H](n2nc(C#Cc3cc(OC)cc(C(=O)NC)c3)c(C(N)=O)c2N)C1. The molecule has 1 aliphatic heterocycles. The van der Waals surface area contributed by atoms with Crippen LogP contribution in [0.2, 0.25) is 0 Å². The molecule has 10 nitrogen and oxygen atoms in total. The number of nitrogen functional groups attached to an aromatic ring is 1. The first-order valence-corrected chi connectivity index (χ1v) is 9.94. The van der Waals surface area contributed by atoms with E-state index in [1.807, 2.05) is 4.90 Å². The van der Waals surface area contributed by atoms with E-state index < -0.39 is 12.1 Å². The molecule has 1 aromatic carbocycles. The van der Waals surface area contributed by atoms with Crippen LogP contribution in [0, 0.1) is 11.8 Å². The molecule has 10 heteroatoms. The van der Waals surface area contributed by atoms with Crippen LogP contribution < -0.4 is 21.5 Å². The quantitative estimate of drug-likeness (QED) is 0.369. The van der Waals surface area contributed by atoms with Crippen LogP contribution in [-0.4, -0.2) is 65.1 Å². The summed E-state index contributed by atoms with van der Waals surface area (Å²) in [6.07, 6.45) is 1.35. The molecule has 32 heavy (non-hydrogen) atoms. The van der Waals surface area contributed by atoms with Gasteiger partial charge in [0.25, 0.3) is 11.8 Å². The summed E-state index contributed by atoms with van der Waals surface area (Å²) in [6.45, 7) is 4.70. The van der Waals surface area contributed by atoms with E-state index in [0.29, 0.717) is 36.4 Å². The van der Waals surface area contributed by atoms with E-state index in [1.54, 1.807) is 18.2 Å². The summed E-state index contributed by atoms with van der Waals surface area (Å²) >= 11 is 0. The second kappa shape index (κ2) is 9.55. The Kier molecular flexibility index (Phi) is 6.82. The number of likely N-dealkylation sites (tertiary alicyclic amines) is 1. The lowest BCUT2D eigenvalue weighted by atomic mass is 10.1. The minimum absolute atomic E-state index is 0.0367. The van der Waals surface area contributed by atoms with Crippen molar-refractivity contribution in [2.75, 3.05) is 33.0 Å². The number of aliphatic hydroxyl groups excluding tert-OH is 1. The topological polar surface area (TPSA) is 149 Å². The molecule has 0 radical (unpaired) electrons. The number of amides is 2. The molecule has 1 unspecified atom stereocenters. The Morgan fingerprint density at radius 3 is 2.78 bits per heavy atom. The minimum Gasteiger partial charge on any atom is -0.497 e. The maximum absolute atomic E-state index is 12.1. The molecule has 2 amide bonds. The highest BCUT2D eigenvalue weighted by atomic mass is 16.5. The van der Waals surface area contributed by atoms with Crippen LogP contribution >= 0.6 is 0 Å². The van der Waals surface area contributed by atoms with Crippen molar-refractivity contribution in [2.24, 2.45) is 5.73 Å². The summed E-state index contributed by atoms with van der Waals surface area (Å²) in [4.78, 5) is 25.9. The molecule has 3 rings (SSSR count). The zero-order valence-electron chi connectivity index (χ0n) is 18.0. The van der Waals surface area contributed by atoms with Crippen molar-refractivity contribution in [2.45, 2.75) is 18.7 Å². The number of aromatic nitrogens is 2. The smallest absolute Gasteiger partial charge is 0.255 e. The fraction of sp³-hybridized carbons (Fsp3) is 0.318. The minimum atomic E-state index is -0.769. The lowest BCUT2D eigenvalue weighted by molar-refractivity contribution is 0.0585. The molecule has 6 N–H and O–H groups in total. The van der Waals surface area contributed by atoms with Crippen LogP contribution in [0.25, 0.3) is 0 Å². The normalized spacial score (nSPS) is 16.7. The highest BCUT2D eigenvalue weighted by Crippen LogP contribution is 2.28. The number of rotatable bonds is 6. The van der Waals surface area contributed by atoms with E-state index in [2.05, 4.69) is 28.8 Å². The van der Waals surface area contributed by atoms with Crippen molar-refractivity contribution in [3.8, 4) is 17.6 Å². The first-order valence-electron chi connectivity index (χ1n) is 9.94. The highest BCUT2D eigenvalue weighted by molar-refractivity contribution is 5.99. The first kappa shape index (κ1) is 22.9. The van der Waals surface area contributed by atoms with Crippen molar-refractivity contribution >= 4 is 17.6 Å².